The van der Waals surface area contributed by atoms with Crippen LogP contribution in [0.3, 0.4) is 0 Å². The highest BCUT2D eigenvalue weighted by Gasteiger charge is 2.29. The SMILES string of the molecule is CCC.CCc1cn(C)nc1OCC(F)(F)F. The first kappa shape index (κ1) is 15.8. The maximum absolute atomic E-state index is 11.8. The Morgan fingerprint density at radius 2 is 1.82 bits per heavy atom. The Labute approximate surface area is 99.6 Å². The van der Waals surface area contributed by atoms with Crippen LogP contribution in [-0.4, -0.2) is 22.6 Å². The molecule has 1 aromatic heterocycles. The first-order valence-electron chi connectivity index (χ1n) is 5.56. The summed E-state index contributed by atoms with van der Waals surface area (Å²) in [5.41, 5.74) is 0.678. The quantitative estimate of drug-likeness (QED) is 0.825. The largest absolute Gasteiger partial charge is 0.467 e. The van der Waals surface area contributed by atoms with E-state index in [9.17, 15) is 13.2 Å². The summed E-state index contributed by atoms with van der Waals surface area (Å²) in [6, 6.07) is 0. The van der Waals surface area contributed by atoms with Crippen LogP contribution in [-0.2, 0) is 13.5 Å². The van der Waals surface area contributed by atoms with Crippen molar-refractivity contribution in [1.29, 1.82) is 0 Å². The Balaban J connectivity index is 0.000000770. The first-order chi connectivity index (χ1) is 7.84. The van der Waals surface area contributed by atoms with Gasteiger partial charge < -0.3 is 4.74 Å². The van der Waals surface area contributed by atoms with Gasteiger partial charge in [0.1, 0.15) is 0 Å². The molecule has 0 aliphatic heterocycles. The van der Waals surface area contributed by atoms with E-state index < -0.39 is 12.8 Å². The number of alkyl halides is 3. The van der Waals surface area contributed by atoms with E-state index in [1.54, 1.807) is 13.2 Å². The fourth-order valence-electron chi connectivity index (χ4n) is 1.03. The topological polar surface area (TPSA) is 27.1 Å². The summed E-state index contributed by atoms with van der Waals surface area (Å²) < 4.78 is 41.5. The molecule has 0 aliphatic carbocycles. The average Bonchev–Trinajstić information content (AvgIpc) is 2.56. The van der Waals surface area contributed by atoms with Crippen molar-refractivity contribution in [1.82, 2.24) is 9.78 Å². The number of halogens is 3. The van der Waals surface area contributed by atoms with Crippen LogP contribution in [0.1, 0.15) is 32.8 Å². The molecular weight excluding hydrogens is 233 g/mol. The van der Waals surface area contributed by atoms with Crippen LogP contribution >= 0.6 is 0 Å². The van der Waals surface area contributed by atoms with Crippen molar-refractivity contribution < 1.29 is 17.9 Å². The molecule has 17 heavy (non-hydrogen) atoms. The number of rotatable bonds is 3. The van der Waals surface area contributed by atoms with Gasteiger partial charge in [-0.15, -0.1) is 5.10 Å². The predicted octanol–water partition coefficient (Wildman–Crippen LogP) is 3.34. The Hall–Kier alpha value is -1.20. The molecule has 1 rings (SSSR count). The molecule has 100 valence electrons. The molecule has 0 fully saturated rings. The molecule has 0 spiro atoms. The Bertz CT molecular complexity index is 321. The highest BCUT2D eigenvalue weighted by atomic mass is 19.4. The summed E-state index contributed by atoms with van der Waals surface area (Å²) in [6.07, 6.45) is -0.824. The Morgan fingerprint density at radius 3 is 2.24 bits per heavy atom. The molecule has 0 saturated heterocycles. The van der Waals surface area contributed by atoms with Crippen molar-refractivity contribution in [2.24, 2.45) is 7.05 Å². The Kier molecular flexibility index (Phi) is 6.68. The standard InChI is InChI=1S/C8H11F3N2O.C3H8/c1-3-6-4-13(2)12-7(6)14-5-8(9,10)11;1-3-2/h4H,3,5H2,1-2H3;3H2,1-2H3. The minimum atomic E-state index is -4.32. The number of ether oxygens (including phenoxy) is 1. The lowest BCUT2D eigenvalue weighted by atomic mass is 10.3. The summed E-state index contributed by atoms with van der Waals surface area (Å²) >= 11 is 0. The van der Waals surface area contributed by atoms with Gasteiger partial charge in [0.05, 0.1) is 0 Å². The van der Waals surface area contributed by atoms with Gasteiger partial charge in [-0.3, -0.25) is 4.68 Å². The predicted molar refractivity (Wildman–Crippen MR) is 60.1 cm³/mol. The normalized spacial score (nSPS) is 10.8. The number of hydrogen-bond donors (Lipinski definition) is 0. The third-order valence-electron chi connectivity index (χ3n) is 1.62. The smallest absolute Gasteiger partial charge is 0.422 e. The lowest BCUT2D eigenvalue weighted by Gasteiger charge is -2.07. The van der Waals surface area contributed by atoms with Crippen molar-refractivity contribution in [2.75, 3.05) is 6.61 Å². The van der Waals surface area contributed by atoms with Gasteiger partial charge in [-0.05, 0) is 6.42 Å². The molecule has 0 saturated carbocycles. The van der Waals surface area contributed by atoms with Crippen LogP contribution in [0.15, 0.2) is 6.20 Å². The van der Waals surface area contributed by atoms with Gasteiger partial charge in [0, 0.05) is 18.8 Å². The zero-order valence-corrected chi connectivity index (χ0v) is 10.6. The van der Waals surface area contributed by atoms with Gasteiger partial charge in [-0.25, -0.2) is 0 Å². The van der Waals surface area contributed by atoms with E-state index in [1.807, 2.05) is 6.92 Å². The van der Waals surface area contributed by atoms with E-state index in [0.29, 0.717) is 12.0 Å². The number of aryl methyl sites for hydroxylation is 2. The van der Waals surface area contributed by atoms with Gasteiger partial charge in [0.2, 0.25) is 5.88 Å². The third-order valence-corrected chi connectivity index (χ3v) is 1.62. The monoisotopic (exact) mass is 252 g/mol. The summed E-state index contributed by atoms with van der Waals surface area (Å²) in [5, 5.41) is 3.78. The minimum Gasteiger partial charge on any atom is -0.467 e. The molecular formula is C11H19F3N2O. The second-order valence-corrected chi connectivity index (χ2v) is 3.60. The maximum atomic E-state index is 11.8. The average molecular weight is 252 g/mol. The molecule has 0 bridgehead atoms. The van der Waals surface area contributed by atoms with Gasteiger partial charge >= 0.3 is 6.18 Å². The molecule has 3 nitrogen and oxygen atoms in total. The van der Waals surface area contributed by atoms with Crippen LogP contribution in [0.4, 0.5) is 13.2 Å². The molecule has 0 unspecified atom stereocenters. The number of aromatic nitrogens is 2. The fourth-order valence-corrected chi connectivity index (χ4v) is 1.03. The third kappa shape index (κ3) is 6.86. The minimum absolute atomic E-state index is 0.0623. The van der Waals surface area contributed by atoms with E-state index in [-0.39, 0.29) is 5.88 Å². The molecule has 0 atom stereocenters. The summed E-state index contributed by atoms with van der Waals surface area (Å²) in [4.78, 5) is 0. The molecule has 6 heteroatoms. The lowest BCUT2D eigenvalue weighted by Crippen LogP contribution is -2.19. The van der Waals surface area contributed by atoms with Crippen molar-refractivity contribution in [3.63, 3.8) is 0 Å². The molecule has 1 aromatic rings. The molecule has 0 amide bonds. The van der Waals surface area contributed by atoms with Crippen molar-refractivity contribution in [3.8, 4) is 5.88 Å². The van der Waals surface area contributed by atoms with Crippen molar-refractivity contribution in [2.45, 2.75) is 39.8 Å². The second-order valence-electron chi connectivity index (χ2n) is 3.60. The van der Waals surface area contributed by atoms with E-state index in [2.05, 4.69) is 23.7 Å². The van der Waals surface area contributed by atoms with Crippen molar-refractivity contribution in [3.05, 3.63) is 11.8 Å². The van der Waals surface area contributed by atoms with E-state index in [4.69, 9.17) is 0 Å². The van der Waals surface area contributed by atoms with Gasteiger partial charge in [0.15, 0.2) is 6.61 Å². The molecule has 0 aliphatic rings. The number of nitrogens with zero attached hydrogens (tertiary/aromatic N) is 2. The molecule has 0 radical (unpaired) electrons. The van der Waals surface area contributed by atoms with Crippen molar-refractivity contribution >= 4 is 0 Å². The van der Waals surface area contributed by atoms with Crippen LogP contribution in [0.5, 0.6) is 5.88 Å². The summed E-state index contributed by atoms with van der Waals surface area (Å²) in [5.74, 6) is 0.0623. The zero-order valence-electron chi connectivity index (χ0n) is 10.6. The van der Waals surface area contributed by atoms with Crippen LogP contribution in [0.2, 0.25) is 0 Å². The molecule has 0 aromatic carbocycles. The highest BCUT2D eigenvalue weighted by molar-refractivity contribution is 5.22. The van der Waals surface area contributed by atoms with E-state index in [1.165, 1.54) is 11.1 Å². The van der Waals surface area contributed by atoms with Gasteiger partial charge in [0.25, 0.3) is 0 Å². The lowest BCUT2D eigenvalue weighted by molar-refractivity contribution is -0.154. The summed E-state index contributed by atoms with van der Waals surface area (Å²) in [7, 11) is 1.64. The maximum Gasteiger partial charge on any atom is 0.422 e. The number of hydrogen-bond acceptors (Lipinski definition) is 2. The molecule has 1 heterocycles. The summed E-state index contributed by atoms with van der Waals surface area (Å²) in [6.45, 7) is 4.79. The zero-order chi connectivity index (χ0) is 13.5. The second kappa shape index (κ2) is 7.19. The Morgan fingerprint density at radius 1 is 1.29 bits per heavy atom. The van der Waals surface area contributed by atoms with Gasteiger partial charge in [-0.1, -0.05) is 27.2 Å². The highest BCUT2D eigenvalue weighted by Crippen LogP contribution is 2.20. The first-order valence-corrected chi connectivity index (χ1v) is 5.56. The van der Waals surface area contributed by atoms with Crippen LogP contribution in [0.25, 0.3) is 0 Å². The molecule has 0 N–H and O–H groups in total. The van der Waals surface area contributed by atoms with Crippen LogP contribution < -0.4 is 4.74 Å². The van der Waals surface area contributed by atoms with Crippen LogP contribution in [0, 0.1) is 0 Å². The van der Waals surface area contributed by atoms with E-state index >= 15 is 0 Å². The van der Waals surface area contributed by atoms with E-state index in [0.717, 1.165) is 0 Å². The fraction of sp³-hybridized carbons (Fsp3) is 0.727. The van der Waals surface area contributed by atoms with Gasteiger partial charge in [-0.2, -0.15) is 13.2 Å².